The minimum Gasteiger partial charge on any atom is -0.497 e. The zero-order chi connectivity index (χ0) is 16.9. The molecule has 1 aliphatic heterocycles. The van der Waals surface area contributed by atoms with Crippen LogP contribution in [0.1, 0.15) is 37.3 Å². The molecule has 2 rings (SSSR count). The van der Waals surface area contributed by atoms with E-state index in [1.54, 1.807) is 19.2 Å². The summed E-state index contributed by atoms with van der Waals surface area (Å²) in [5, 5.41) is 1.98. The molecule has 1 unspecified atom stereocenters. The summed E-state index contributed by atoms with van der Waals surface area (Å²) in [6.07, 6.45) is -0.954. The van der Waals surface area contributed by atoms with Crippen molar-refractivity contribution in [1.29, 1.82) is 0 Å². The molecule has 2 amide bonds. The number of urea groups is 1. The lowest BCUT2D eigenvalue weighted by atomic mass is 10.0. The van der Waals surface area contributed by atoms with Crippen molar-refractivity contribution in [3.05, 3.63) is 29.8 Å². The molecule has 1 aromatic rings. The van der Waals surface area contributed by atoms with Crippen LogP contribution in [0.2, 0.25) is 0 Å². The second-order valence-electron chi connectivity index (χ2n) is 5.61. The van der Waals surface area contributed by atoms with E-state index in [0.717, 1.165) is 31.2 Å². The van der Waals surface area contributed by atoms with Gasteiger partial charge < -0.3 is 15.0 Å². The van der Waals surface area contributed by atoms with Crippen LogP contribution in [0.3, 0.4) is 0 Å². The van der Waals surface area contributed by atoms with Crippen molar-refractivity contribution in [2.24, 2.45) is 0 Å². The van der Waals surface area contributed by atoms with Gasteiger partial charge in [0.1, 0.15) is 12.3 Å². The van der Waals surface area contributed by atoms with E-state index in [9.17, 15) is 18.0 Å². The first kappa shape index (κ1) is 17.4. The maximum Gasteiger partial charge on any atom is 0.405 e. The van der Waals surface area contributed by atoms with Gasteiger partial charge in [-0.15, -0.1) is 0 Å². The highest BCUT2D eigenvalue weighted by atomic mass is 19.4. The van der Waals surface area contributed by atoms with Crippen LogP contribution >= 0.6 is 0 Å². The third-order valence-corrected chi connectivity index (χ3v) is 3.95. The Morgan fingerprint density at radius 2 is 1.96 bits per heavy atom. The smallest absolute Gasteiger partial charge is 0.405 e. The summed E-state index contributed by atoms with van der Waals surface area (Å²) in [6, 6.07) is 6.44. The average Bonchev–Trinajstić information content (AvgIpc) is 2.78. The Bertz CT molecular complexity index is 517. The lowest BCUT2D eigenvalue weighted by Crippen LogP contribution is -2.45. The van der Waals surface area contributed by atoms with Gasteiger partial charge in [0.2, 0.25) is 0 Å². The molecule has 7 heteroatoms. The highest BCUT2D eigenvalue weighted by Gasteiger charge is 2.31. The molecule has 1 aromatic carbocycles. The summed E-state index contributed by atoms with van der Waals surface area (Å²) >= 11 is 0. The SMILES string of the molecule is COc1ccc(C2CCCCCN2C(=O)NCC(F)(F)F)cc1. The normalized spacial score (nSPS) is 19.1. The summed E-state index contributed by atoms with van der Waals surface area (Å²) < 4.78 is 42.1. The van der Waals surface area contributed by atoms with E-state index in [1.807, 2.05) is 17.4 Å². The van der Waals surface area contributed by atoms with Crippen molar-refractivity contribution in [1.82, 2.24) is 10.2 Å². The molecule has 128 valence electrons. The summed E-state index contributed by atoms with van der Waals surface area (Å²) in [7, 11) is 1.57. The summed E-state index contributed by atoms with van der Waals surface area (Å²) in [5.74, 6) is 0.704. The fraction of sp³-hybridized carbons (Fsp3) is 0.562. The number of likely N-dealkylation sites (tertiary alicyclic amines) is 1. The largest absolute Gasteiger partial charge is 0.497 e. The van der Waals surface area contributed by atoms with Crippen molar-refractivity contribution in [3.8, 4) is 5.75 Å². The monoisotopic (exact) mass is 330 g/mol. The van der Waals surface area contributed by atoms with Crippen molar-refractivity contribution in [2.75, 3.05) is 20.2 Å². The van der Waals surface area contributed by atoms with Gasteiger partial charge in [0.15, 0.2) is 0 Å². The Morgan fingerprint density at radius 3 is 2.57 bits per heavy atom. The third kappa shape index (κ3) is 5.04. The molecule has 1 N–H and O–H groups in total. The van der Waals surface area contributed by atoms with Crippen LogP contribution in [0.15, 0.2) is 24.3 Å². The highest BCUT2D eigenvalue weighted by Crippen LogP contribution is 2.31. The van der Waals surface area contributed by atoms with Gasteiger partial charge in [-0.1, -0.05) is 25.0 Å². The number of methoxy groups -OCH3 is 1. The van der Waals surface area contributed by atoms with Gasteiger partial charge in [0.25, 0.3) is 0 Å². The van der Waals surface area contributed by atoms with E-state index in [1.165, 1.54) is 4.90 Å². The predicted molar refractivity (Wildman–Crippen MR) is 80.4 cm³/mol. The Hall–Kier alpha value is -1.92. The standard InChI is InChI=1S/C16H21F3N2O2/c1-23-13-8-6-12(7-9-13)14-5-3-2-4-10-21(14)15(22)20-11-16(17,18)19/h6-9,14H,2-5,10-11H2,1H3,(H,20,22). The van der Waals surface area contributed by atoms with Gasteiger partial charge in [0.05, 0.1) is 13.2 Å². The molecule has 1 aliphatic rings. The molecular formula is C16H21F3N2O2. The van der Waals surface area contributed by atoms with E-state index in [2.05, 4.69) is 0 Å². The zero-order valence-electron chi connectivity index (χ0n) is 13.0. The number of amides is 2. The second-order valence-corrected chi connectivity index (χ2v) is 5.61. The first-order valence-electron chi connectivity index (χ1n) is 7.66. The predicted octanol–water partition coefficient (Wildman–Crippen LogP) is 3.88. The number of carbonyl (C=O) groups excluding carboxylic acids is 1. The molecule has 0 bridgehead atoms. The fourth-order valence-electron chi connectivity index (χ4n) is 2.80. The van der Waals surface area contributed by atoms with Crippen LogP contribution in [0.4, 0.5) is 18.0 Å². The van der Waals surface area contributed by atoms with Crippen molar-refractivity contribution in [2.45, 2.75) is 37.9 Å². The van der Waals surface area contributed by atoms with E-state index >= 15 is 0 Å². The van der Waals surface area contributed by atoms with Gasteiger partial charge >= 0.3 is 12.2 Å². The number of rotatable bonds is 3. The van der Waals surface area contributed by atoms with Gasteiger partial charge in [-0.25, -0.2) is 4.79 Å². The lowest BCUT2D eigenvalue weighted by Gasteiger charge is -2.30. The van der Waals surface area contributed by atoms with Crippen molar-refractivity contribution < 1.29 is 22.7 Å². The summed E-state index contributed by atoms with van der Waals surface area (Å²) in [5.41, 5.74) is 0.912. The van der Waals surface area contributed by atoms with E-state index in [4.69, 9.17) is 4.74 Å². The minimum absolute atomic E-state index is 0.211. The molecule has 0 aliphatic carbocycles. The lowest BCUT2D eigenvalue weighted by molar-refractivity contribution is -0.123. The van der Waals surface area contributed by atoms with Gasteiger partial charge in [0, 0.05) is 6.54 Å². The zero-order valence-corrected chi connectivity index (χ0v) is 13.0. The minimum atomic E-state index is -4.41. The number of carbonyl (C=O) groups is 1. The van der Waals surface area contributed by atoms with E-state index < -0.39 is 18.8 Å². The van der Waals surface area contributed by atoms with Crippen LogP contribution in [0.25, 0.3) is 0 Å². The molecule has 1 saturated heterocycles. The highest BCUT2D eigenvalue weighted by molar-refractivity contribution is 5.74. The molecule has 1 heterocycles. The maximum atomic E-state index is 12.3. The molecule has 1 fully saturated rings. The molecule has 1 atom stereocenters. The van der Waals surface area contributed by atoms with Crippen molar-refractivity contribution >= 4 is 6.03 Å². The van der Waals surface area contributed by atoms with Crippen molar-refractivity contribution in [3.63, 3.8) is 0 Å². The van der Waals surface area contributed by atoms with Crippen LogP contribution in [-0.4, -0.2) is 37.3 Å². The molecule has 4 nitrogen and oxygen atoms in total. The Morgan fingerprint density at radius 1 is 1.26 bits per heavy atom. The summed E-state index contributed by atoms with van der Waals surface area (Å²) in [4.78, 5) is 13.7. The number of nitrogens with zero attached hydrogens (tertiary/aromatic N) is 1. The number of halogens is 3. The van der Waals surface area contributed by atoms with Crippen LogP contribution < -0.4 is 10.1 Å². The molecule has 0 saturated carbocycles. The molecule has 0 spiro atoms. The molecule has 23 heavy (non-hydrogen) atoms. The maximum absolute atomic E-state index is 12.3. The quantitative estimate of drug-likeness (QED) is 0.914. The fourth-order valence-corrected chi connectivity index (χ4v) is 2.80. The number of nitrogens with one attached hydrogen (secondary N) is 1. The topological polar surface area (TPSA) is 41.6 Å². The van der Waals surface area contributed by atoms with Crippen LogP contribution in [0, 0.1) is 0 Å². The number of ether oxygens (including phenoxy) is 1. The van der Waals surface area contributed by atoms with Gasteiger partial charge in [-0.3, -0.25) is 0 Å². The second kappa shape index (κ2) is 7.57. The van der Waals surface area contributed by atoms with E-state index in [-0.39, 0.29) is 6.04 Å². The third-order valence-electron chi connectivity index (χ3n) is 3.95. The molecule has 0 aromatic heterocycles. The van der Waals surface area contributed by atoms with Crippen LogP contribution in [-0.2, 0) is 0 Å². The Balaban J connectivity index is 2.13. The Labute approximate surface area is 133 Å². The Kier molecular flexibility index (Phi) is 5.74. The van der Waals surface area contributed by atoms with Gasteiger partial charge in [-0.2, -0.15) is 13.2 Å². The summed E-state index contributed by atoms with van der Waals surface area (Å²) in [6.45, 7) is -0.849. The van der Waals surface area contributed by atoms with Gasteiger partial charge in [-0.05, 0) is 30.5 Å². The first-order valence-corrected chi connectivity index (χ1v) is 7.66. The number of alkyl halides is 3. The van der Waals surface area contributed by atoms with Crippen LogP contribution in [0.5, 0.6) is 5.75 Å². The average molecular weight is 330 g/mol. The van der Waals surface area contributed by atoms with E-state index in [0.29, 0.717) is 12.3 Å². The first-order chi connectivity index (χ1) is 10.9. The number of hydrogen-bond donors (Lipinski definition) is 1. The molecule has 0 radical (unpaired) electrons. The number of hydrogen-bond acceptors (Lipinski definition) is 2. The molecular weight excluding hydrogens is 309 g/mol. The number of benzene rings is 1.